The minimum atomic E-state index is -0.391. The highest BCUT2D eigenvalue weighted by atomic mass is 16.3. The first-order chi connectivity index (χ1) is 8.10. The third kappa shape index (κ3) is 2.42. The van der Waals surface area contributed by atoms with Gasteiger partial charge in [-0.2, -0.15) is 0 Å². The van der Waals surface area contributed by atoms with E-state index >= 15 is 0 Å². The maximum Gasteiger partial charge on any atom is 0.243 e. The van der Waals surface area contributed by atoms with Crippen molar-refractivity contribution in [1.82, 2.24) is 10.2 Å². The first kappa shape index (κ1) is 11.5. The fourth-order valence-electron chi connectivity index (χ4n) is 1.70. The van der Waals surface area contributed by atoms with E-state index in [9.17, 15) is 14.4 Å². The van der Waals surface area contributed by atoms with E-state index in [0.29, 0.717) is 18.6 Å². The molecule has 1 aromatic heterocycles. The van der Waals surface area contributed by atoms with Crippen LogP contribution in [-0.2, 0) is 16.1 Å². The van der Waals surface area contributed by atoms with Crippen molar-refractivity contribution in [2.24, 2.45) is 0 Å². The minimum absolute atomic E-state index is 0.143. The average Bonchev–Trinajstić information content (AvgIpc) is 2.73. The van der Waals surface area contributed by atoms with Crippen LogP contribution in [0.25, 0.3) is 0 Å². The van der Waals surface area contributed by atoms with Crippen molar-refractivity contribution in [2.75, 3.05) is 6.54 Å². The summed E-state index contributed by atoms with van der Waals surface area (Å²) in [6.45, 7) is 2.18. The molecule has 1 unspecified atom stereocenters. The van der Waals surface area contributed by atoms with Crippen molar-refractivity contribution in [3.63, 3.8) is 0 Å². The molecule has 0 bridgehead atoms. The maximum atomic E-state index is 11.4. The molecule has 0 aromatic carbocycles. The third-order valence-electron chi connectivity index (χ3n) is 2.69. The Balaban J connectivity index is 2.09. The highest BCUT2D eigenvalue weighted by Crippen LogP contribution is 2.13. The van der Waals surface area contributed by atoms with Gasteiger partial charge in [-0.3, -0.25) is 24.6 Å². The van der Waals surface area contributed by atoms with Crippen LogP contribution in [0, 0.1) is 0 Å². The van der Waals surface area contributed by atoms with Gasteiger partial charge in [-0.05, 0) is 19.1 Å². The number of hydrogen-bond acceptors (Lipinski definition) is 5. The largest absolute Gasteiger partial charge is 0.457 e. The van der Waals surface area contributed by atoms with E-state index in [1.165, 1.54) is 0 Å². The molecule has 1 aliphatic rings. The van der Waals surface area contributed by atoms with Crippen molar-refractivity contribution in [3.05, 3.63) is 23.7 Å². The maximum absolute atomic E-state index is 11.4. The highest BCUT2D eigenvalue weighted by molar-refractivity contribution is 6.00. The second kappa shape index (κ2) is 4.50. The van der Waals surface area contributed by atoms with E-state index in [0.717, 1.165) is 0 Å². The van der Waals surface area contributed by atoms with Crippen molar-refractivity contribution >= 4 is 18.1 Å². The van der Waals surface area contributed by atoms with Crippen LogP contribution in [0.15, 0.2) is 16.5 Å². The van der Waals surface area contributed by atoms with Gasteiger partial charge in [0.25, 0.3) is 0 Å². The second-order valence-corrected chi connectivity index (χ2v) is 3.92. The van der Waals surface area contributed by atoms with Gasteiger partial charge in [0, 0.05) is 0 Å². The molecule has 1 fully saturated rings. The van der Waals surface area contributed by atoms with Crippen LogP contribution in [0.2, 0.25) is 0 Å². The summed E-state index contributed by atoms with van der Waals surface area (Å²) in [5, 5.41) is 2.25. The van der Waals surface area contributed by atoms with Gasteiger partial charge in [-0.1, -0.05) is 0 Å². The summed E-state index contributed by atoms with van der Waals surface area (Å²) in [7, 11) is 0. The molecule has 2 heterocycles. The Bertz CT molecular complexity index is 466. The molecule has 2 rings (SSSR count). The Labute approximate surface area is 97.6 Å². The molecule has 1 saturated heterocycles. The lowest BCUT2D eigenvalue weighted by Gasteiger charge is -2.30. The summed E-state index contributed by atoms with van der Waals surface area (Å²) < 4.78 is 5.20. The van der Waals surface area contributed by atoms with Gasteiger partial charge in [-0.15, -0.1) is 0 Å². The quantitative estimate of drug-likeness (QED) is 0.587. The lowest BCUT2D eigenvalue weighted by Crippen LogP contribution is -2.56. The van der Waals surface area contributed by atoms with Gasteiger partial charge in [-0.25, -0.2) is 0 Å². The van der Waals surface area contributed by atoms with E-state index in [1.807, 2.05) is 0 Å². The molecule has 17 heavy (non-hydrogen) atoms. The standard InChI is InChI=1S/C11H12N2O4/c1-7-11(16)12-10(15)5-13(7)4-8-2-3-9(6-14)17-8/h2-3,6-7H,4-5H2,1H3,(H,12,15,16). The van der Waals surface area contributed by atoms with E-state index in [2.05, 4.69) is 5.32 Å². The Morgan fingerprint density at radius 2 is 2.29 bits per heavy atom. The normalized spacial score (nSPS) is 21.4. The van der Waals surface area contributed by atoms with Gasteiger partial charge in [0.05, 0.1) is 19.1 Å². The Kier molecular flexibility index (Phi) is 3.06. The molecule has 0 saturated carbocycles. The molecule has 1 N–H and O–H groups in total. The molecular formula is C11H12N2O4. The number of nitrogens with one attached hydrogen (secondary N) is 1. The van der Waals surface area contributed by atoms with Gasteiger partial charge in [0.1, 0.15) is 5.76 Å². The van der Waals surface area contributed by atoms with Crippen LogP contribution in [-0.4, -0.2) is 35.6 Å². The van der Waals surface area contributed by atoms with E-state index in [-0.39, 0.29) is 24.1 Å². The number of imide groups is 1. The zero-order valence-corrected chi connectivity index (χ0v) is 9.30. The molecule has 0 spiro atoms. The Morgan fingerprint density at radius 1 is 1.53 bits per heavy atom. The second-order valence-electron chi connectivity index (χ2n) is 3.92. The fourth-order valence-corrected chi connectivity index (χ4v) is 1.70. The van der Waals surface area contributed by atoms with E-state index < -0.39 is 6.04 Å². The number of piperazine rings is 1. The van der Waals surface area contributed by atoms with Gasteiger partial charge in [0.2, 0.25) is 11.8 Å². The molecule has 1 atom stereocenters. The van der Waals surface area contributed by atoms with E-state index in [1.54, 1.807) is 24.0 Å². The van der Waals surface area contributed by atoms with Crippen molar-refractivity contribution in [1.29, 1.82) is 0 Å². The summed E-state index contributed by atoms with van der Waals surface area (Å²) in [6, 6.07) is 2.82. The third-order valence-corrected chi connectivity index (χ3v) is 2.69. The summed E-state index contributed by atoms with van der Waals surface area (Å²) in [5.41, 5.74) is 0. The Morgan fingerprint density at radius 3 is 2.94 bits per heavy atom. The first-order valence-corrected chi connectivity index (χ1v) is 5.22. The van der Waals surface area contributed by atoms with Crippen LogP contribution in [0.3, 0.4) is 0 Å². The van der Waals surface area contributed by atoms with Crippen LogP contribution in [0.5, 0.6) is 0 Å². The van der Waals surface area contributed by atoms with Crippen LogP contribution < -0.4 is 5.32 Å². The Hall–Kier alpha value is -1.95. The minimum Gasteiger partial charge on any atom is -0.457 e. The van der Waals surface area contributed by atoms with Crippen molar-refractivity contribution < 1.29 is 18.8 Å². The number of furan rings is 1. The average molecular weight is 236 g/mol. The van der Waals surface area contributed by atoms with Crippen molar-refractivity contribution in [2.45, 2.75) is 19.5 Å². The summed E-state index contributed by atoms with van der Waals surface area (Å²) in [4.78, 5) is 34.8. The zero-order chi connectivity index (χ0) is 12.4. The van der Waals surface area contributed by atoms with Gasteiger partial charge < -0.3 is 4.42 Å². The predicted octanol–water partition coefficient (Wildman–Crippen LogP) is -0.0610. The SMILES string of the molecule is CC1C(=O)NC(=O)CN1Cc1ccc(C=O)o1. The molecule has 6 heteroatoms. The molecule has 0 radical (unpaired) electrons. The molecule has 6 nitrogen and oxygen atoms in total. The number of aldehydes is 1. The zero-order valence-electron chi connectivity index (χ0n) is 9.30. The number of nitrogens with zero attached hydrogens (tertiary/aromatic N) is 1. The van der Waals surface area contributed by atoms with Crippen LogP contribution >= 0.6 is 0 Å². The van der Waals surface area contributed by atoms with Crippen molar-refractivity contribution in [3.8, 4) is 0 Å². The number of amides is 2. The summed E-state index contributed by atoms with van der Waals surface area (Å²) in [6.07, 6.45) is 0.612. The number of hydrogen-bond donors (Lipinski definition) is 1. The molecule has 1 aromatic rings. The topological polar surface area (TPSA) is 79.6 Å². The number of carbonyl (C=O) groups is 3. The van der Waals surface area contributed by atoms with E-state index in [4.69, 9.17) is 4.42 Å². The molecule has 2 amide bonds. The first-order valence-electron chi connectivity index (χ1n) is 5.22. The van der Waals surface area contributed by atoms with Crippen LogP contribution in [0.1, 0.15) is 23.2 Å². The number of rotatable bonds is 3. The van der Waals surface area contributed by atoms with Crippen LogP contribution in [0.4, 0.5) is 0 Å². The predicted molar refractivity (Wildman–Crippen MR) is 57.1 cm³/mol. The molecular weight excluding hydrogens is 224 g/mol. The fraction of sp³-hybridized carbons (Fsp3) is 0.364. The number of carbonyl (C=O) groups excluding carboxylic acids is 3. The lowest BCUT2D eigenvalue weighted by molar-refractivity contribution is -0.139. The monoisotopic (exact) mass is 236 g/mol. The molecule has 1 aliphatic heterocycles. The van der Waals surface area contributed by atoms with Gasteiger partial charge >= 0.3 is 0 Å². The molecule has 0 aliphatic carbocycles. The summed E-state index contributed by atoms with van der Waals surface area (Å²) >= 11 is 0. The molecule has 90 valence electrons. The highest BCUT2D eigenvalue weighted by Gasteiger charge is 2.30. The summed E-state index contributed by atoms with van der Waals surface area (Å²) in [5.74, 6) is 0.153. The lowest BCUT2D eigenvalue weighted by atomic mass is 10.2. The van der Waals surface area contributed by atoms with Gasteiger partial charge in [0.15, 0.2) is 12.0 Å². The smallest absolute Gasteiger partial charge is 0.243 e.